The molecule has 0 bridgehead atoms. The maximum Gasteiger partial charge on any atom is 0.341 e. The molecule has 3 rings (SSSR count). The fraction of sp³-hybridized carbons (Fsp3) is 0.381. The number of aryl methyl sites for hydroxylation is 3. The summed E-state index contributed by atoms with van der Waals surface area (Å²) in [5.41, 5.74) is 3.96. The van der Waals surface area contributed by atoms with Crippen molar-refractivity contribution < 1.29 is 13.9 Å². The van der Waals surface area contributed by atoms with Gasteiger partial charge in [-0.05, 0) is 48.4 Å². The van der Waals surface area contributed by atoms with Crippen molar-refractivity contribution in [1.29, 1.82) is 0 Å². The van der Waals surface area contributed by atoms with Crippen molar-refractivity contribution >= 4 is 5.97 Å². The standard InChI is InChI=1S/C21H23FO2/c1-3-4-15-6-8-16(9-7-15)10-12-18-13-17-11-5-14(2)20(22)19(17)21(23)24-18/h5-9,11,18H,3-4,10,12-13H2,1-2H3. The smallest absolute Gasteiger partial charge is 0.341 e. The zero-order chi connectivity index (χ0) is 17.1. The molecular weight excluding hydrogens is 303 g/mol. The third kappa shape index (κ3) is 3.50. The van der Waals surface area contributed by atoms with Crippen LogP contribution in [0.2, 0.25) is 0 Å². The number of hydrogen-bond acceptors (Lipinski definition) is 2. The molecule has 1 aliphatic rings. The van der Waals surface area contributed by atoms with E-state index in [1.807, 2.05) is 6.07 Å². The molecular formula is C21H23FO2. The van der Waals surface area contributed by atoms with Gasteiger partial charge in [-0.2, -0.15) is 0 Å². The highest BCUT2D eigenvalue weighted by Crippen LogP contribution is 2.27. The lowest BCUT2D eigenvalue weighted by Crippen LogP contribution is -2.29. The van der Waals surface area contributed by atoms with E-state index in [0.29, 0.717) is 12.0 Å². The largest absolute Gasteiger partial charge is 0.458 e. The fourth-order valence-electron chi connectivity index (χ4n) is 3.26. The Hall–Kier alpha value is -2.16. The lowest BCUT2D eigenvalue weighted by molar-refractivity contribution is 0.0231. The summed E-state index contributed by atoms with van der Waals surface area (Å²) in [5.74, 6) is -0.969. The lowest BCUT2D eigenvalue weighted by atomic mass is 9.93. The first kappa shape index (κ1) is 16.7. The molecule has 2 aromatic rings. The van der Waals surface area contributed by atoms with Gasteiger partial charge in [0.1, 0.15) is 11.9 Å². The minimum Gasteiger partial charge on any atom is -0.458 e. The summed E-state index contributed by atoms with van der Waals surface area (Å²) < 4.78 is 19.6. The van der Waals surface area contributed by atoms with Crippen LogP contribution >= 0.6 is 0 Å². The van der Waals surface area contributed by atoms with Gasteiger partial charge in [-0.25, -0.2) is 9.18 Å². The molecule has 0 fully saturated rings. The van der Waals surface area contributed by atoms with E-state index in [4.69, 9.17) is 4.74 Å². The maximum absolute atomic E-state index is 14.1. The van der Waals surface area contributed by atoms with Gasteiger partial charge in [0.2, 0.25) is 0 Å². The van der Waals surface area contributed by atoms with Gasteiger partial charge in [0, 0.05) is 6.42 Å². The summed E-state index contributed by atoms with van der Waals surface area (Å²) in [6.07, 6.45) is 4.27. The Morgan fingerprint density at radius 3 is 2.42 bits per heavy atom. The van der Waals surface area contributed by atoms with Crippen LogP contribution in [0.3, 0.4) is 0 Å². The lowest BCUT2D eigenvalue weighted by Gasteiger charge is -2.25. The van der Waals surface area contributed by atoms with Crippen molar-refractivity contribution in [2.45, 2.75) is 52.1 Å². The summed E-state index contributed by atoms with van der Waals surface area (Å²) in [7, 11) is 0. The first-order valence-corrected chi connectivity index (χ1v) is 8.65. The molecule has 1 heterocycles. The number of rotatable bonds is 5. The molecule has 2 nitrogen and oxygen atoms in total. The summed E-state index contributed by atoms with van der Waals surface area (Å²) in [4.78, 5) is 12.1. The Balaban J connectivity index is 1.65. The van der Waals surface area contributed by atoms with E-state index < -0.39 is 11.8 Å². The molecule has 126 valence electrons. The van der Waals surface area contributed by atoms with E-state index in [0.717, 1.165) is 31.2 Å². The molecule has 0 spiro atoms. The van der Waals surface area contributed by atoms with E-state index in [9.17, 15) is 9.18 Å². The molecule has 0 aromatic heterocycles. The quantitative estimate of drug-likeness (QED) is 0.738. The van der Waals surface area contributed by atoms with Crippen molar-refractivity contribution in [3.8, 4) is 0 Å². The number of ether oxygens (including phenoxy) is 1. The van der Waals surface area contributed by atoms with Crippen LogP contribution in [-0.4, -0.2) is 12.1 Å². The predicted octanol–water partition coefficient (Wildman–Crippen LogP) is 4.80. The summed E-state index contributed by atoms with van der Waals surface area (Å²) in [6, 6.07) is 12.2. The van der Waals surface area contributed by atoms with E-state index in [1.54, 1.807) is 13.0 Å². The van der Waals surface area contributed by atoms with Crippen LogP contribution in [0.15, 0.2) is 36.4 Å². The summed E-state index contributed by atoms with van der Waals surface area (Å²) in [5, 5.41) is 0. The van der Waals surface area contributed by atoms with Crippen molar-refractivity contribution in [3.63, 3.8) is 0 Å². The van der Waals surface area contributed by atoms with Crippen LogP contribution in [0.25, 0.3) is 0 Å². The van der Waals surface area contributed by atoms with Gasteiger partial charge in [-0.15, -0.1) is 0 Å². The molecule has 0 amide bonds. The molecule has 2 aromatic carbocycles. The molecule has 1 unspecified atom stereocenters. The van der Waals surface area contributed by atoms with E-state index in [2.05, 4.69) is 31.2 Å². The minimum absolute atomic E-state index is 0.121. The second-order valence-electron chi connectivity index (χ2n) is 6.57. The zero-order valence-electron chi connectivity index (χ0n) is 14.3. The Labute approximate surface area is 142 Å². The maximum atomic E-state index is 14.1. The Kier molecular flexibility index (Phi) is 4.98. The van der Waals surface area contributed by atoms with Crippen LogP contribution in [-0.2, 0) is 24.0 Å². The molecule has 1 atom stereocenters. The van der Waals surface area contributed by atoms with Gasteiger partial charge in [-0.1, -0.05) is 49.7 Å². The monoisotopic (exact) mass is 326 g/mol. The molecule has 0 aliphatic carbocycles. The average molecular weight is 326 g/mol. The average Bonchev–Trinajstić information content (AvgIpc) is 2.58. The Morgan fingerprint density at radius 1 is 1.08 bits per heavy atom. The van der Waals surface area contributed by atoms with E-state index in [1.165, 1.54) is 11.1 Å². The van der Waals surface area contributed by atoms with Crippen molar-refractivity contribution in [2.24, 2.45) is 0 Å². The number of benzene rings is 2. The zero-order valence-corrected chi connectivity index (χ0v) is 14.3. The molecule has 3 heteroatoms. The SMILES string of the molecule is CCCc1ccc(CCC2Cc3ccc(C)c(F)c3C(=O)O2)cc1. The molecule has 0 saturated carbocycles. The van der Waals surface area contributed by atoms with E-state index >= 15 is 0 Å². The second-order valence-corrected chi connectivity index (χ2v) is 6.57. The summed E-state index contributed by atoms with van der Waals surface area (Å²) >= 11 is 0. The highest BCUT2D eigenvalue weighted by atomic mass is 19.1. The number of esters is 1. The van der Waals surface area contributed by atoms with Gasteiger partial charge >= 0.3 is 5.97 Å². The second kappa shape index (κ2) is 7.16. The highest BCUT2D eigenvalue weighted by Gasteiger charge is 2.29. The Bertz CT molecular complexity index is 734. The van der Waals surface area contributed by atoms with Gasteiger partial charge in [0.25, 0.3) is 0 Å². The normalized spacial score (nSPS) is 16.6. The number of hydrogen-bond donors (Lipinski definition) is 0. The first-order valence-electron chi connectivity index (χ1n) is 8.65. The number of halogens is 1. The van der Waals surface area contributed by atoms with Crippen LogP contribution in [0.4, 0.5) is 4.39 Å². The number of fused-ring (bicyclic) bond motifs is 1. The highest BCUT2D eigenvalue weighted by molar-refractivity contribution is 5.92. The molecule has 1 aliphatic heterocycles. The number of carbonyl (C=O) groups is 1. The van der Waals surface area contributed by atoms with Gasteiger partial charge in [-0.3, -0.25) is 0 Å². The predicted molar refractivity (Wildman–Crippen MR) is 92.8 cm³/mol. The summed E-state index contributed by atoms with van der Waals surface area (Å²) in [6.45, 7) is 3.84. The van der Waals surface area contributed by atoms with E-state index in [-0.39, 0.29) is 11.7 Å². The van der Waals surface area contributed by atoms with Crippen LogP contribution in [0, 0.1) is 12.7 Å². The third-order valence-corrected chi connectivity index (χ3v) is 4.66. The third-order valence-electron chi connectivity index (χ3n) is 4.66. The van der Waals surface area contributed by atoms with Gasteiger partial charge < -0.3 is 4.74 Å². The van der Waals surface area contributed by atoms with Gasteiger partial charge in [0.05, 0.1) is 5.56 Å². The minimum atomic E-state index is -0.527. The number of carbonyl (C=O) groups excluding carboxylic acids is 1. The number of cyclic esters (lactones) is 1. The molecule has 0 N–H and O–H groups in total. The fourth-order valence-corrected chi connectivity index (χ4v) is 3.26. The first-order chi connectivity index (χ1) is 11.6. The van der Waals surface area contributed by atoms with Crippen LogP contribution in [0.5, 0.6) is 0 Å². The van der Waals surface area contributed by atoms with Gasteiger partial charge in [0.15, 0.2) is 0 Å². The van der Waals surface area contributed by atoms with Crippen molar-refractivity contribution in [3.05, 3.63) is 70.0 Å². The molecule has 0 saturated heterocycles. The van der Waals surface area contributed by atoms with Crippen LogP contribution < -0.4 is 0 Å². The van der Waals surface area contributed by atoms with Crippen molar-refractivity contribution in [1.82, 2.24) is 0 Å². The topological polar surface area (TPSA) is 26.3 Å². The molecule has 0 radical (unpaired) electrons. The van der Waals surface area contributed by atoms with Crippen molar-refractivity contribution in [2.75, 3.05) is 0 Å². The molecule has 24 heavy (non-hydrogen) atoms. The van der Waals surface area contributed by atoms with Crippen LogP contribution in [0.1, 0.15) is 52.4 Å². The Morgan fingerprint density at radius 2 is 1.75 bits per heavy atom.